The predicted octanol–water partition coefficient (Wildman–Crippen LogP) is -1.06. The number of carbonyl (C=O) groups excluding carboxylic acids is 1. The fraction of sp³-hybridized carbons (Fsp3) is 0.900. The van der Waals surface area contributed by atoms with E-state index in [1.54, 1.807) is 7.11 Å². The van der Waals surface area contributed by atoms with E-state index in [2.05, 4.69) is 5.43 Å². The van der Waals surface area contributed by atoms with E-state index in [0.717, 1.165) is 0 Å². The lowest BCUT2D eigenvalue weighted by atomic mass is 10.0. The van der Waals surface area contributed by atoms with Gasteiger partial charge in [0.15, 0.2) is 0 Å². The third-order valence-electron chi connectivity index (χ3n) is 2.83. The largest absolute Gasteiger partial charge is 0.395 e. The Hall–Kier alpha value is -0.690. The van der Waals surface area contributed by atoms with Crippen LogP contribution in [0.3, 0.4) is 0 Å². The molecule has 2 unspecified atom stereocenters. The molecular formula is C10H23N3O3. The quantitative estimate of drug-likeness (QED) is 0.283. The molecule has 2 atom stereocenters. The molecule has 0 saturated carbocycles. The Bertz CT molecular complexity index is 202. The summed E-state index contributed by atoms with van der Waals surface area (Å²) in [6, 6.07) is 0.00542. The van der Waals surface area contributed by atoms with Crippen LogP contribution in [0.25, 0.3) is 0 Å². The van der Waals surface area contributed by atoms with Crippen molar-refractivity contribution in [3.05, 3.63) is 0 Å². The minimum atomic E-state index is -0.228. The van der Waals surface area contributed by atoms with Crippen molar-refractivity contribution < 1.29 is 14.6 Å². The summed E-state index contributed by atoms with van der Waals surface area (Å²) in [5, 5.41) is 8.95. The van der Waals surface area contributed by atoms with Crippen LogP contribution in [0.2, 0.25) is 0 Å². The molecule has 0 aliphatic heterocycles. The third kappa shape index (κ3) is 4.89. The van der Waals surface area contributed by atoms with E-state index in [-0.39, 0.29) is 24.5 Å². The Kier molecular flexibility index (Phi) is 8.10. The van der Waals surface area contributed by atoms with Crippen LogP contribution in [-0.4, -0.2) is 55.4 Å². The molecule has 6 nitrogen and oxygen atoms in total. The lowest BCUT2D eigenvalue weighted by Crippen LogP contribution is -2.47. The average Bonchev–Trinajstić information content (AvgIpc) is 2.31. The molecule has 0 rings (SSSR count). The molecule has 0 saturated heterocycles. The number of nitrogens with two attached hydrogens (primary N) is 1. The first-order valence-corrected chi connectivity index (χ1v) is 5.42. The maximum Gasteiger partial charge on any atom is 0.238 e. The number of aliphatic hydroxyl groups excluding tert-OH is 1. The highest BCUT2D eigenvalue weighted by Crippen LogP contribution is 2.10. The predicted molar refractivity (Wildman–Crippen MR) is 61.5 cm³/mol. The molecule has 16 heavy (non-hydrogen) atoms. The zero-order chi connectivity index (χ0) is 12.6. The van der Waals surface area contributed by atoms with Crippen LogP contribution in [0.5, 0.6) is 0 Å². The van der Waals surface area contributed by atoms with Crippen molar-refractivity contribution >= 4 is 5.91 Å². The molecule has 0 heterocycles. The van der Waals surface area contributed by atoms with Gasteiger partial charge in [0.1, 0.15) is 0 Å². The molecule has 0 bridgehead atoms. The number of hydrogen-bond donors (Lipinski definition) is 3. The standard InChI is InChI=1S/C10H23N3O3/c1-8(10(15)12-11)9(2)13(4-6-14)5-7-16-3/h8-9,14H,4-7,11H2,1-3H3,(H,12,15). The zero-order valence-electron chi connectivity index (χ0n) is 10.3. The smallest absolute Gasteiger partial charge is 0.238 e. The summed E-state index contributed by atoms with van der Waals surface area (Å²) in [6.07, 6.45) is 0. The fourth-order valence-electron chi connectivity index (χ4n) is 1.52. The molecule has 0 aromatic carbocycles. The molecule has 0 fully saturated rings. The van der Waals surface area contributed by atoms with E-state index in [1.807, 2.05) is 18.7 Å². The number of amides is 1. The number of hydrazine groups is 1. The van der Waals surface area contributed by atoms with Crippen molar-refractivity contribution in [2.24, 2.45) is 11.8 Å². The summed E-state index contributed by atoms with van der Waals surface area (Å²) in [7, 11) is 1.62. The van der Waals surface area contributed by atoms with Gasteiger partial charge < -0.3 is 9.84 Å². The SMILES string of the molecule is COCCN(CCO)C(C)C(C)C(=O)NN. The number of ether oxygens (including phenoxy) is 1. The van der Waals surface area contributed by atoms with Gasteiger partial charge in [0.2, 0.25) is 5.91 Å². The first-order chi connectivity index (χ1) is 7.58. The minimum absolute atomic E-state index is 0.00542. The average molecular weight is 233 g/mol. The molecule has 4 N–H and O–H groups in total. The Labute approximate surface area is 96.7 Å². The maximum atomic E-state index is 11.4. The van der Waals surface area contributed by atoms with E-state index in [1.165, 1.54) is 0 Å². The number of methoxy groups -OCH3 is 1. The lowest BCUT2D eigenvalue weighted by Gasteiger charge is -2.31. The summed E-state index contributed by atoms with van der Waals surface area (Å²) >= 11 is 0. The highest BCUT2D eigenvalue weighted by molar-refractivity contribution is 5.78. The topological polar surface area (TPSA) is 87.8 Å². The second kappa shape index (κ2) is 8.46. The Balaban J connectivity index is 4.33. The van der Waals surface area contributed by atoms with Gasteiger partial charge in [0, 0.05) is 26.2 Å². The van der Waals surface area contributed by atoms with Gasteiger partial charge >= 0.3 is 0 Å². The van der Waals surface area contributed by atoms with Gasteiger partial charge in [0.25, 0.3) is 0 Å². The fourth-order valence-corrected chi connectivity index (χ4v) is 1.52. The highest BCUT2D eigenvalue weighted by Gasteiger charge is 2.24. The zero-order valence-corrected chi connectivity index (χ0v) is 10.3. The van der Waals surface area contributed by atoms with Gasteiger partial charge in [-0.1, -0.05) is 6.92 Å². The molecule has 6 heteroatoms. The van der Waals surface area contributed by atoms with Gasteiger partial charge in [-0.25, -0.2) is 5.84 Å². The van der Waals surface area contributed by atoms with Crippen LogP contribution in [-0.2, 0) is 9.53 Å². The van der Waals surface area contributed by atoms with Gasteiger partial charge in [0.05, 0.1) is 19.1 Å². The van der Waals surface area contributed by atoms with E-state index in [4.69, 9.17) is 15.7 Å². The molecular weight excluding hydrogens is 210 g/mol. The van der Waals surface area contributed by atoms with Gasteiger partial charge in [-0.15, -0.1) is 0 Å². The molecule has 0 aromatic heterocycles. The third-order valence-corrected chi connectivity index (χ3v) is 2.83. The molecule has 0 aromatic rings. The summed E-state index contributed by atoms with van der Waals surface area (Å²) in [5.41, 5.74) is 2.14. The summed E-state index contributed by atoms with van der Waals surface area (Å²) < 4.78 is 4.99. The van der Waals surface area contributed by atoms with E-state index >= 15 is 0 Å². The highest BCUT2D eigenvalue weighted by atomic mass is 16.5. The number of rotatable bonds is 8. The number of nitrogens with zero attached hydrogens (tertiary/aromatic N) is 1. The Morgan fingerprint density at radius 1 is 1.50 bits per heavy atom. The van der Waals surface area contributed by atoms with E-state index < -0.39 is 0 Å². The summed E-state index contributed by atoms with van der Waals surface area (Å²) in [6.45, 7) is 5.58. The van der Waals surface area contributed by atoms with Crippen LogP contribution in [0.15, 0.2) is 0 Å². The van der Waals surface area contributed by atoms with E-state index in [0.29, 0.717) is 19.7 Å². The van der Waals surface area contributed by atoms with Crippen LogP contribution in [0, 0.1) is 5.92 Å². The van der Waals surface area contributed by atoms with Gasteiger partial charge in [-0.05, 0) is 6.92 Å². The van der Waals surface area contributed by atoms with E-state index in [9.17, 15) is 4.79 Å². The van der Waals surface area contributed by atoms with Crippen molar-refractivity contribution in [1.82, 2.24) is 10.3 Å². The van der Waals surface area contributed by atoms with Gasteiger partial charge in [-0.2, -0.15) is 0 Å². The summed E-state index contributed by atoms with van der Waals surface area (Å²) in [4.78, 5) is 13.4. The van der Waals surface area contributed by atoms with Crippen LogP contribution in [0.4, 0.5) is 0 Å². The Morgan fingerprint density at radius 2 is 2.12 bits per heavy atom. The Morgan fingerprint density at radius 3 is 2.56 bits per heavy atom. The maximum absolute atomic E-state index is 11.4. The van der Waals surface area contributed by atoms with Crippen molar-refractivity contribution in [2.45, 2.75) is 19.9 Å². The first-order valence-electron chi connectivity index (χ1n) is 5.42. The lowest BCUT2D eigenvalue weighted by molar-refractivity contribution is -0.126. The molecule has 1 amide bonds. The number of nitrogens with one attached hydrogen (secondary N) is 1. The first kappa shape index (κ1) is 15.3. The number of hydrogen-bond acceptors (Lipinski definition) is 5. The molecule has 0 aliphatic rings. The van der Waals surface area contributed by atoms with Crippen LogP contribution >= 0.6 is 0 Å². The molecule has 0 aliphatic carbocycles. The van der Waals surface area contributed by atoms with Crippen molar-refractivity contribution in [2.75, 3.05) is 33.4 Å². The van der Waals surface area contributed by atoms with Gasteiger partial charge in [-0.3, -0.25) is 15.1 Å². The molecule has 0 radical (unpaired) electrons. The van der Waals surface area contributed by atoms with Crippen molar-refractivity contribution in [3.63, 3.8) is 0 Å². The van der Waals surface area contributed by atoms with Crippen molar-refractivity contribution in [3.8, 4) is 0 Å². The minimum Gasteiger partial charge on any atom is -0.395 e. The molecule has 0 spiro atoms. The van der Waals surface area contributed by atoms with Crippen molar-refractivity contribution in [1.29, 1.82) is 0 Å². The second-order valence-corrected chi connectivity index (χ2v) is 3.79. The number of carbonyl (C=O) groups is 1. The van der Waals surface area contributed by atoms with Crippen LogP contribution in [0.1, 0.15) is 13.8 Å². The second-order valence-electron chi connectivity index (χ2n) is 3.79. The normalized spacial score (nSPS) is 14.9. The number of aliphatic hydroxyl groups is 1. The van der Waals surface area contributed by atoms with Crippen LogP contribution < -0.4 is 11.3 Å². The monoisotopic (exact) mass is 233 g/mol. The molecule has 96 valence electrons. The summed E-state index contributed by atoms with van der Waals surface area (Å²) in [5.74, 6) is 4.66.